The summed E-state index contributed by atoms with van der Waals surface area (Å²) in [7, 11) is 0. The molecule has 1 saturated heterocycles. The van der Waals surface area contributed by atoms with E-state index in [1.165, 1.54) is 0 Å². The molecule has 1 aliphatic rings. The SMILES string of the molecule is OCCC=Cc1cccc(C2OCCO2)c1. The van der Waals surface area contributed by atoms with Crippen molar-refractivity contribution in [1.82, 2.24) is 0 Å². The van der Waals surface area contributed by atoms with Gasteiger partial charge in [0, 0.05) is 12.2 Å². The van der Waals surface area contributed by atoms with Crippen LogP contribution >= 0.6 is 0 Å². The first-order chi connectivity index (χ1) is 7.90. The van der Waals surface area contributed by atoms with Crippen LogP contribution in [0.5, 0.6) is 0 Å². The molecule has 0 atom stereocenters. The highest BCUT2D eigenvalue weighted by molar-refractivity contribution is 5.50. The highest BCUT2D eigenvalue weighted by atomic mass is 16.7. The standard InChI is InChI=1S/C13H16O3/c14-7-2-1-4-11-5-3-6-12(10-11)13-15-8-9-16-13/h1,3-6,10,13-14H,2,7-9H2. The maximum absolute atomic E-state index is 8.68. The lowest BCUT2D eigenvalue weighted by atomic mass is 10.1. The van der Waals surface area contributed by atoms with Crippen LogP contribution in [0.15, 0.2) is 30.3 Å². The zero-order valence-corrected chi connectivity index (χ0v) is 9.13. The van der Waals surface area contributed by atoms with Gasteiger partial charge in [0.1, 0.15) is 0 Å². The van der Waals surface area contributed by atoms with Gasteiger partial charge in [-0.3, -0.25) is 0 Å². The van der Waals surface area contributed by atoms with Gasteiger partial charge in [0.2, 0.25) is 0 Å². The lowest BCUT2D eigenvalue weighted by Gasteiger charge is -2.09. The van der Waals surface area contributed by atoms with Crippen molar-refractivity contribution in [2.75, 3.05) is 19.8 Å². The summed E-state index contributed by atoms with van der Waals surface area (Å²) in [5.74, 6) is 0. The molecule has 1 fully saturated rings. The van der Waals surface area contributed by atoms with Crippen molar-refractivity contribution in [2.24, 2.45) is 0 Å². The van der Waals surface area contributed by atoms with Gasteiger partial charge in [-0.15, -0.1) is 0 Å². The minimum atomic E-state index is -0.216. The van der Waals surface area contributed by atoms with E-state index in [0.29, 0.717) is 19.6 Å². The van der Waals surface area contributed by atoms with Crippen LogP contribution in [0.1, 0.15) is 23.8 Å². The highest BCUT2D eigenvalue weighted by Crippen LogP contribution is 2.24. The van der Waals surface area contributed by atoms with Crippen molar-refractivity contribution >= 4 is 6.08 Å². The van der Waals surface area contributed by atoms with Gasteiger partial charge >= 0.3 is 0 Å². The number of benzene rings is 1. The van der Waals surface area contributed by atoms with E-state index in [4.69, 9.17) is 14.6 Å². The Morgan fingerprint density at radius 2 is 2.12 bits per heavy atom. The van der Waals surface area contributed by atoms with Crippen LogP contribution in [0.4, 0.5) is 0 Å². The summed E-state index contributed by atoms with van der Waals surface area (Å²) >= 11 is 0. The summed E-state index contributed by atoms with van der Waals surface area (Å²) in [6.45, 7) is 1.51. The molecule has 0 amide bonds. The maximum atomic E-state index is 8.68. The Labute approximate surface area is 95.3 Å². The summed E-state index contributed by atoms with van der Waals surface area (Å²) in [6, 6.07) is 8.05. The number of rotatable bonds is 4. The van der Waals surface area contributed by atoms with Crippen LogP contribution in [-0.2, 0) is 9.47 Å². The number of aliphatic hydroxyl groups is 1. The highest BCUT2D eigenvalue weighted by Gasteiger charge is 2.17. The molecular formula is C13H16O3. The third-order valence-electron chi connectivity index (χ3n) is 2.41. The minimum Gasteiger partial charge on any atom is -0.396 e. The molecule has 0 aromatic heterocycles. The topological polar surface area (TPSA) is 38.7 Å². The van der Waals surface area contributed by atoms with E-state index in [0.717, 1.165) is 11.1 Å². The van der Waals surface area contributed by atoms with Gasteiger partial charge < -0.3 is 14.6 Å². The molecule has 1 N–H and O–H groups in total. The van der Waals surface area contributed by atoms with E-state index in [2.05, 4.69) is 0 Å². The second kappa shape index (κ2) is 5.80. The molecule has 0 radical (unpaired) electrons. The van der Waals surface area contributed by atoms with E-state index < -0.39 is 0 Å². The predicted octanol–water partition coefficient (Wildman–Crippen LogP) is 2.13. The summed E-state index contributed by atoms with van der Waals surface area (Å²) < 4.78 is 10.9. The molecule has 0 bridgehead atoms. The molecule has 16 heavy (non-hydrogen) atoms. The molecule has 0 saturated carbocycles. The Bertz CT molecular complexity index is 354. The molecule has 1 aliphatic heterocycles. The van der Waals surface area contributed by atoms with Gasteiger partial charge in [-0.2, -0.15) is 0 Å². The summed E-state index contributed by atoms with van der Waals surface area (Å²) in [5.41, 5.74) is 2.15. The van der Waals surface area contributed by atoms with Crippen molar-refractivity contribution in [3.8, 4) is 0 Å². The van der Waals surface area contributed by atoms with Gasteiger partial charge in [-0.25, -0.2) is 0 Å². The van der Waals surface area contributed by atoms with Gasteiger partial charge in [-0.05, 0) is 18.1 Å². The van der Waals surface area contributed by atoms with Crippen molar-refractivity contribution < 1.29 is 14.6 Å². The molecule has 86 valence electrons. The lowest BCUT2D eigenvalue weighted by molar-refractivity contribution is -0.0441. The summed E-state index contributed by atoms with van der Waals surface area (Å²) in [5, 5.41) is 8.68. The normalized spacial score (nSPS) is 17.3. The maximum Gasteiger partial charge on any atom is 0.184 e. The lowest BCUT2D eigenvalue weighted by Crippen LogP contribution is -1.97. The summed E-state index contributed by atoms with van der Waals surface area (Å²) in [6.07, 6.45) is 4.41. The first-order valence-electron chi connectivity index (χ1n) is 5.51. The van der Waals surface area contributed by atoms with E-state index >= 15 is 0 Å². The average Bonchev–Trinajstić information content (AvgIpc) is 2.83. The molecule has 0 unspecified atom stereocenters. The van der Waals surface area contributed by atoms with Crippen LogP contribution in [0, 0.1) is 0 Å². The minimum absolute atomic E-state index is 0.186. The monoisotopic (exact) mass is 220 g/mol. The van der Waals surface area contributed by atoms with Crippen molar-refractivity contribution in [1.29, 1.82) is 0 Å². The van der Waals surface area contributed by atoms with Crippen molar-refractivity contribution in [3.63, 3.8) is 0 Å². The molecule has 3 heteroatoms. The molecule has 1 heterocycles. The predicted molar refractivity (Wildman–Crippen MR) is 61.8 cm³/mol. The van der Waals surface area contributed by atoms with Gasteiger partial charge in [0.25, 0.3) is 0 Å². The third kappa shape index (κ3) is 2.92. The second-order valence-corrected chi connectivity index (χ2v) is 3.66. The molecular weight excluding hydrogens is 204 g/mol. The smallest absolute Gasteiger partial charge is 0.184 e. The molecule has 3 nitrogen and oxygen atoms in total. The fourth-order valence-corrected chi connectivity index (χ4v) is 1.65. The second-order valence-electron chi connectivity index (χ2n) is 3.66. The summed E-state index contributed by atoms with van der Waals surface area (Å²) in [4.78, 5) is 0. The van der Waals surface area contributed by atoms with Gasteiger partial charge in [0.05, 0.1) is 13.2 Å². The van der Waals surface area contributed by atoms with Crippen LogP contribution in [-0.4, -0.2) is 24.9 Å². The molecule has 0 spiro atoms. The Hall–Kier alpha value is -1.16. The van der Waals surface area contributed by atoms with Gasteiger partial charge in [-0.1, -0.05) is 30.4 Å². The van der Waals surface area contributed by atoms with E-state index in [-0.39, 0.29) is 12.9 Å². The molecule has 1 aromatic carbocycles. The van der Waals surface area contributed by atoms with Crippen molar-refractivity contribution in [2.45, 2.75) is 12.7 Å². The first-order valence-corrected chi connectivity index (χ1v) is 5.51. The molecule has 1 aromatic rings. The Morgan fingerprint density at radius 3 is 2.88 bits per heavy atom. The van der Waals surface area contributed by atoms with Crippen LogP contribution in [0.25, 0.3) is 6.08 Å². The first kappa shape index (κ1) is 11.3. The molecule has 2 rings (SSSR count). The zero-order chi connectivity index (χ0) is 11.2. The number of aliphatic hydroxyl groups excluding tert-OH is 1. The van der Waals surface area contributed by atoms with E-state index in [9.17, 15) is 0 Å². The fraction of sp³-hybridized carbons (Fsp3) is 0.385. The number of ether oxygens (including phenoxy) is 2. The Morgan fingerprint density at radius 1 is 1.31 bits per heavy atom. The van der Waals surface area contributed by atoms with E-state index in [1.807, 2.05) is 36.4 Å². The van der Waals surface area contributed by atoms with Crippen LogP contribution in [0.2, 0.25) is 0 Å². The van der Waals surface area contributed by atoms with Gasteiger partial charge in [0.15, 0.2) is 6.29 Å². The zero-order valence-electron chi connectivity index (χ0n) is 9.13. The third-order valence-corrected chi connectivity index (χ3v) is 2.41. The largest absolute Gasteiger partial charge is 0.396 e. The average molecular weight is 220 g/mol. The number of hydrogen-bond donors (Lipinski definition) is 1. The van der Waals surface area contributed by atoms with Crippen LogP contribution in [0.3, 0.4) is 0 Å². The number of hydrogen-bond acceptors (Lipinski definition) is 3. The molecule has 0 aliphatic carbocycles. The van der Waals surface area contributed by atoms with Crippen molar-refractivity contribution in [3.05, 3.63) is 41.5 Å². The Balaban J connectivity index is 2.06. The Kier molecular flexibility index (Phi) is 4.10. The van der Waals surface area contributed by atoms with Crippen LogP contribution < -0.4 is 0 Å². The fourth-order valence-electron chi connectivity index (χ4n) is 1.65. The van der Waals surface area contributed by atoms with E-state index in [1.54, 1.807) is 0 Å². The quantitative estimate of drug-likeness (QED) is 0.844.